The zero-order chi connectivity index (χ0) is 41.1. The molecule has 9 nitrogen and oxygen atoms in total. The molecule has 6 aromatic carbocycles. The summed E-state index contributed by atoms with van der Waals surface area (Å²) >= 11 is 0. The van der Waals surface area contributed by atoms with E-state index >= 15 is 0 Å². The monoisotopic (exact) mass is 761 g/mol. The Morgan fingerprint density at radius 1 is 0.464 bits per heavy atom. The Bertz CT molecular complexity index is 2060. The van der Waals surface area contributed by atoms with E-state index in [-0.39, 0.29) is 17.2 Å². The number of phenols is 3. The number of halogens is 1. The van der Waals surface area contributed by atoms with Gasteiger partial charge in [0.2, 0.25) is 0 Å². The third-order valence-electron chi connectivity index (χ3n) is 7.83. The van der Waals surface area contributed by atoms with Gasteiger partial charge in [0.15, 0.2) is 34.5 Å². The number of hydrogen-bond donors (Lipinski definition) is 3. The lowest BCUT2D eigenvalue weighted by Crippen LogP contribution is -2.06. The molecule has 0 aliphatic carbocycles. The van der Waals surface area contributed by atoms with E-state index in [1.54, 1.807) is 30.3 Å². The molecule has 0 unspecified atom stereocenters. The third kappa shape index (κ3) is 15.6. The maximum atomic E-state index is 11.1. The predicted octanol–water partition coefficient (Wildman–Crippen LogP) is 9.06. The first-order valence-corrected chi connectivity index (χ1v) is 17.5. The second-order valence-corrected chi connectivity index (χ2v) is 11.8. The molecule has 0 fully saturated rings. The molecule has 0 aliphatic rings. The first-order valence-electron chi connectivity index (χ1n) is 18.2. The van der Waals surface area contributed by atoms with Gasteiger partial charge in [0.1, 0.15) is 18.9 Å². The van der Waals surface area contributed by atoms with Gasteiger partial charge in [-0.25, -0.2) is 0 Å². The number of phenolic OH excluding ortho intramolecular Hbond substituents is 3. The van der Waals surface area contributed by atoms with E-state index in [0.717, 1.165) is 25.5 Å². The Hall–Kier alpha value is -6.94. The van der Waals surface area contributed by atoms with Crippen molar-refractivity contribution >= 4 is 18.9 Å². The summed E-state index contributed by atoms with van der Waals surface area (Å²) in [5.74, 6) is 1.18. The second kappa shape index (κ2) is 25.1. The largest absolute Gasteiger partial charge is 0.504 e. The van der Waals surface area contributed by atoms with Gasteiger partial charge in [0.25, 0.3) is 0 Å². The first-order chi connectivity index (χ1) is 27.8. The quantitative estimate of drug-likeness (QED) is 0.0691. The van der Waals surface area contributed by atoms with E-state index in [0.29, 0.717) is 66.3 Å². The maximum Gasteiger partial charge on any atom is 0.161 e. The van der Waals surface area contributed by atoms with Crippen molar-refractivity contribution < 1.29 is 49.7 Å². The molecule has 0 bridgehead atoms. The highest BCUT2D eigenvalue weighted by Crippen LogP contribution is 2.29. The molecule has 3 N–H and O–H groups in total. The smallest absolute Gasteiger partial charge is 0.161 e. The molecule has 6 aromatic rings. The zero-order valence-corrected chi connectivity index (χ0v) is 30.7. The van der Waals surface area contributed by atoms with Crippen molar-refractivity contribution in [2.45, 2.75) is 19.3 Å². The molecule has 0 saturated carbocycles. The van der Waals surface area contributed by atoms with Crippen LogP contribution in [-0.2, 0) is 19.3 Å². The van der Waals surface area contributed by atoms with Crippen molar-refractivity contribution in [2.24, 2.45) is 0 Å². The highest BCUT2D eigenvalue weighted by Gasteiger charge is 2.08. The number of hydrogen-bond acceptors (Lipinski definition) is 9. The summed E-state index contributed by atoms with van der Waals surface area (Å²) in [5, 5.41) is 27.2. The summed E-state index contributed by atoms with van der Waals surface area (Å²) in [6.07, 6.45) is 4.50. The van der Waals surface area contributed by atoms with Crippen molar-refractivity contribution in [1.29, 1.82) is 0 Å². The fourth-order valence-electron chi connectivity index (χ4n) is 4.94. The summed E-state index contributed by atoms with van der Waals surface area (Å²) in [5.41, 5.74) is 4.98. The number of benzene rings is 6. The van der Waals surface area contributed by atoms with Crippen LogP contribution in [0.5, 0.6) is 34.5 Å². The minimum atomic E-state index is -1.00. The van der Waals surface area contributed by atoms with Crippen LogP contribution in [0.1, 0.15) is 49.1 Å². The molecule has 290 valence electrons. The standard InChI is InChI=1S/C23H22O3.C15H14O3.C7H6O3.CH3F/c24-18-21-11-12-22(25-15-13-19-7-3-1-4-8-19)23(17-21)26-16-14-20-9-5-2-6-10-20;16-11-13-6-7-15(14(17)10-13)18-9-8-12-4-2-1-3-5-12;8-4-5-1-2-6(9)7(10)3-5;1-2/h1-12,17-18H,13-16H2;1-7,10-11,17H,8-9H2;1-4,9-10H;1H3/i;;;1D. The SMILES string of the molecule is O=Cc1ccc(O)c(O)c1.O=Cc1ccc(OCCc2ccccc2)c(O)c1.O=Cc1ccc(OCCc2ccccc2)c(OCCc2ccccc2)c1.[2H]CF. The zero-order valence-electron chi connectivity index (χ0n) is 31.7. The number of aldehydes is 3. The Balaban J connectivity index is 0.000000242. The normalized spacial score (nSPS) is 9.98. The number of aromatic hydroxyl groups is 3. The Morgan fingerprint density at radius 3 is 1.23 bits per heavy atom. The van der Waals surface area contributed by atoms with Crippen LogP contribution in [0.15, 0.2) is 146 Å². The molecule has 0 radical (unpaired) electrons. The summed E-state index contributed by atoms with van der Waals surface area (Å²) in [6.45, 7) is 1.57. The van der Waals surface area contributed by atoms with Crippen LogP contribution < -0.4 is 14.2 Å². The van der Waals surface area contributed by atoms with Crippen molar-refractivity contribution in [1.82, 2.24) is 0 Å². The average Bonchev–Trinajstić information content (AvgIpc) is 3.24. The topological polar surface area (TPSA) is 140 Å². The van der Waals surface area contributed by atoms with Crippen molar-refractivity contribution in [3.05, 3.63) is 179 Å². The lowest BCUT2D eigenvalue weighted by molar-refractivity contribution is 0.111. The first kappa shape index (κ1) is 41.8. The average molecular weight is 762 g/mol. The Kier molecular flexibility index (Phi) is 18.8. The van der Waals surface area contributed by atoms with Gasteiger partial charge in [-0.1, -0.05) is 91.0 Å². The fourth-order valence-corrected chi connectivity index (χ4v) is 4.94. The van der Waals surface area contributed by atoms with Gasteiger partial charge >= 0.3 is 0 Å². The van der Waals surface area contributed by atoms with Crippen LogP contribution in [0.4, 0.5) is 4.39 Å². The molecule has 0 atom stereocenters. The van der Waals surface area contributed by atoms with Gasteiger partial charge in [-0.2, -0.15) is 0 Å². The molecule has 0 heterocycles. The molecule has 0 aliphatic heterocycles. The lowest BCUT2D eigenvalue weighted by Gasteiger charge is -2.13. The Labute approximate surface area is 327 Å². The van der Waals surface area contributed by atoms with E-state index in [1.165, 1.54) is 41.0 Å². The van der Waals surface area contributed by atoms with Crippen LogP contribution in [0.2, 0.25) is 0 Å². The highest BCUT2D eigenvalue weighted by molar-refractivity contribution is 5.77. The van der Waals surface area contributed by atoms with Gasteiger partial charge in [-0.05, 0) is 71.3 Å². The molecule has 56 heavy (non-hydrogen) atoms. The number of ether oxygens (including phenoxy) is 3. The van der Waals surface area contributed by atoms with Gasteiger partial charge in [-0.3, -0.25) is 18.8 Å². The van der Waals surface area contributed by atoms with Crippen LogP contribution in [0, 0.1) is 0 Å². The number of rotatable bonds is 15. The van der Waals surface area contributed by atoms with E-state index in [2.05, 4.69) is 24.3 Å². The lowest BCUT2D eigenvalue weighted by atomic mass is 10.1. The maximum absolute atomic E-state index is 11.1. The molecule has 10 heteroatoms. The molecular weight excluding hydrogens is 715 g/mol. The summed E-state index contributed by atoms with van der Waals surface area (Å²) in [6, 6.07) is 44.1. The van der Waals surface area contributed by atoms with Gasteiger partial charge < -0.3 is 29.5 Å². The number of alkyl halides is 1. The van der Waals surface area contributed by atoms with Gasteiger partial charge in [-0.15, -0.1) is 0 Å². The van der Waals surface area contributed by atoms with Crippen LogP contribution in [0.25, 0.3) is 0 Å². The van der Waals surface area contributed by atoms with Gasteiger partial charge in [0.05, 0.1) is 28.3 Å². The minimum Gasteiger partial charge on any atom is -0.504 e. The van der Waals surface area contributed by atoms with Gasteiger partial charge in [0, 0.05) is 36.0 Å². The second-order valence-electron chi connectivity index (χ2n) is 11.8. The highest BCUT2D eigenvalue weighted by atomic mass is 19.1. The summed E-state index contributed by atoms with van der Waals surface area (Å²) in [4.78, 5) is 31.7. The molecule has 0 saturated heterocycles. The predicted molar refractivity (Wildman–Crippen MR) is 214 cm³/mol. The van der Waals surface area contributed by atoms with Crippen molar-refractivity contribution in [3.63, 3.8) is 0 Å². The van der Waals surface area contributed by atoms with Crippen molar-refractivity contribution in [3.8, 4) is 34.5 Å². The van der Waals surface area contributed by atoms with Crippen LogP contribution in [0.3, 0.4) is 0 Å². The fraction of sp³-hybridized carbons (Fsp3) is 0.152. The van der Waals surface area contributed by atoms with Crippen LogP contribution >= 0.6 is 0 Å². The van der Waals surface area contributed by atoms with Crippen molar-refractivity contribution in [2.75, 3.05) is 27.0 Å². The van der Waals surface area contributed by atoms with E-state index < -0.39 is 7.15 Å². The summed E-state index contributed by atoms with van der Waals surface area (Å²) in [7, 11) is -1.00. The van der Waals surface area contributed by atoms with E-state index in [1.807, 2.05) is 66.7 Å². The summed E-state index contributed by atoms with van der Waals surface area (Å²) < 4.78 is 32.8. The molecule has 0 amide bonds. The molecule has 0 spiro atoms. The van der Waals surface area contributed by atoms with Crippen LogP contribution in [-0.4, -0.2) is 61.2 Å². The van der Waals surface area contributed by atoms with E-state index in [4.69, 9.17) is 25.8 Å². The number of carbonyl (C=O) groups is 3. The molecular formula is C46H45FO9. The minimum absolute atomic E-state index is 0.00679. The number of carbonyl (C=O) groups excluding carboxylic acids is 3. The third-order valence-corrected chi connectivity index (χ3v) is 7.83. The molecule has 6 rings (SSSR count). The van der Waals surface area contributed by atoms with E-state index in [9.17, 15) is 23.9 Å². The molecule has 0 aromatic heterocycles. The Morgan fingerprint density at radius 2 is 0.821 bits per heavy atom.